The number of hydrogen-bond donors (Lipinski definition) is 0. The van der Waals surface area contributed by atoms with Crippen LogP contribution in [0.4, 0.5) is 0 Å². The Labute approximate surface area is 286 Å². The average Bonchev–Trinajstić information content (AvgIpc) is 3.59. The third kappa shape index (κ3) is 6.36. The molecule has 48 heavy (non-hydrogen) atoms. The predicted octanol–water partition coefficient (Wildman–Crippen LogP) is 7.31. The minimum absolute atomic E-state index is 0.0497. The molecule has 3 aromatic heterocycles. The first-order chi connectivity index (χ1) is 23.1. The molecule has 0 bridgehead atoms. The van der Waals surface area contributed by atoms with Gasteiger partial charge in [-0.15, -0.1) is 11.3 Å². The molecular weight excluding hydrogens is 647 g/mol. The lowest BCUT2D eigenvalue weighted by molar-refractivity contribution is 0.0524. The summed E-state index contributed by atoms with van der Waals surface area (Å²) in [6.07, 6.45) is 2.86. The van der Waals surface area contributed by atoms with Crippen LogP contribution in [0.25, 0.3) is 21.6 Å². The molecule has 2 aromatic carbocycles. The van der Waals surface area contributed by atoms with Crippen molar-refractivity contribution in [3.63, 3.8) is 0 Å². The Kier molecular flexibility index (Phi) is 9.70. The lowest BCUT2D eigenvalue weighted by Gasteiger charge is -2.17. The number of fused-ring (bicyclic) bond motifs is 3. The van der Waals surface area contributed by atoms with Crippen LogP contribution in [0.2, 0.25) is 0 Å². The molecule has 0 saturated carbocycles. The number of thiophene rings is 1. The van der Waals surface area contributed by atoms with E-state index in [0.29, 0.717) is 39.1 Å². The molecule has 0 fully saturated rings. The first-order valence-corrected chi connectivity index (χ1v) is 17.9. The highest BCUT2D eigenvalue weighted by atomic mass is 32.2. The van der Waals surface area contributed by atoms with Gasteiger partial charge in [-0.05, 0) is 94.8 Å². The van der Waals surface area contributed by atoms with E-state index in [0.717, 1.165) is 35.4 Å². The number of rotatable bonds is 10. The summed E-state index contributed by atoms with van der Waals surface area (Å²) in [4.78, 5) is 60.3. The standard InChI is InChI=1S/C37H37N3O6S2/c1-6-45-35(43)24-17-25(36(44)46-7-2)19-27(18-24)39-22(4)16-29(23(39)5)30(41)20-47-37-38-33-32(28-14-13-21(3)15-31(28)48-33)34(42)40(37)26-11-9-8-10-12-26/h8-12,16-19,21H,6-7,13-15,20H2,1-5H3/t21-/m0/s1. The molecule has 0 saturated heterocycles. The fraction of sp³-hybridized carbons (Fsp3) is 0.324. The molecule has 1 aliphatic carbocycles. The fourth-order valence-electron chi connectivity index (χ4n) is 6.33. The molecule has 6 rings (SSSR count). The Morgan fingerprint density at radius 3 is 2.25 bits per heavy atom. The highest BCUT2D eigenvalue weighted by Gasteiger charge is 2.26. The summed E-state index contributed by atoms with van der Waals surface area (Å²) in [6, 6.07) is 16.0. The second-order valence-corrected chi connectivity index (χ2v) is 14.0. The molecule has 0 N–H and O–H groups in total. The van der Waals surface area contributed by atoms with E-state index in [4.69, 9.17) is 14.5 Å². The van der Waals surface area contributed by atoms with Gasteiger partial charge in [-0.3, -0.25) is 14.2 Å². The number of benzene rings is 2. The summed E-state index contributed by atoms with van der Waals surface area (Å²) in [5.74, 6) is -0.643. The zero-order valence-corrected chi connectivity index (χ0v) is 29.3. The van der Waals surface area contributed by atoms with Crippen LogP contribution in [0, 0.1) is 19.8 Å². The van der Waals surface area contributed by atoms with Gasteiger partial charge >= 0.3 is 11.9 Å². The lowest BCUT2D eigenvalue weighted by Crippen LogP contribution is -2.23. The van der Waals surface area contributed by atoms with Crippen molar-refractivity contribution >= 4 is 51.0 Å². The molecule has 0 unspecified atom stereocenters. The van der Waals surface area contributed by atoms with Crippen LogP contribution in [0.15, 0.2) is 64.5 Å². The molecule has 0 radical (unpaired) electrons. The summed E-state index contributed by atoms with van der Waals surface area (Å²) in [6.45, 7) is 9.72. The van der Waals surface area contributed by atoms with Gasteiger partial charge in [-0.1, -0.05) is 36.9 Å². The molecule has 0 spiro atoms. The molecule has 3 heterocycles. The average molecular weight is 684 g/mol. The zero-order valence-electron chi connectivity index (χ0n) is 27.6. The van der Waals surface area contributed by atoms with Crippen molar-refractivity contribution in [2.75, 3.05) is 19.0 Å². The van der Waals surface area contributed by atoms with E-state index in [9.17, 15) is 19.2 Å². The van der Waals surface area contributed by atoms with E-state index in [1.807, 2.05) is 48.7 Å². The summed E-state index contributed by atoms with van der Waals surface area (Å²) < 4.78 is 13.9. The normalized spacial score (nSPS) is 14.1. The Morgan fingerprint density at radius 1 is 0.938 bits per heavy atom. The molecule has 9 nitrogen and oxygen atoms in total. The quantitative estimate of drug-likeness (QED) is 0.0653. The number of aromatic nitrogens is 3. The Bertz CT molecular complexity index is 2070. The highest BCUT2D eigenvalue weighted by Crippen LogP contribution is 2.37. The molecule has 0 aliphatic heterocycles. The number of carbonyl (C=O) groups is 3. The van der Waals surface area contributed by atoms with Gasteiger partial charge < -0.3 is 14.0 Å². The number of ether oxygens (including phenoxy) is 2. The largest absolute Gasteiger partial charge is 0.462 e. The van der Waals surface area contributed by atoms with Crippen molar-refractivity contribution in [1.29, 1.82) is 0 Å². The van der Waals surface area contributed by atoms with Crippen molar-refractivity contribution < 1.29 is 23.9 Å². The first kappa shape index (κ1) is 33.4. The smallest absolute Gasteiger partial charge is 0.338 e. The number of esters is 2. The van der Waals surface area contributed by atoms with Gasteiger partial charge in [0.1, 0.15) is 4.83 Å². The Hall–Kier alpha value is -4.48. The maximum atomic E-state index is 14.1. The number of hydrogen-bond acceptors (Lipinski definition) is 9. The van der Waals surface area contributed by atoms with Gasteiger partial charge in [0.15, 0.2) is 10.9 Å². The van der Waals surface area contributed by atoms with Gasteiger partial charge in [-0.2, -0.15) is 0 Å². The second-order valence-electron chi connectivity index (χ2n) is 11.9. The number of nitrogens with zero attached hydrogens (tertiary/aromatic N) is 3. The van der Waals surface area contributed by atoms with Crippen LogP contribution in [0.5, 0.6) is 0 Å². The van der Waals surface area contributed by atoms with Gasteiger partial charge in [-0.25, -0.2) is 14.6 Å². The van der Waals surface area contributed by atoms with E-state index < -0.39 is 11.9 Å². The SMILES string of the molecule is CCOC(=O)c1cc(C(=O)OCC)cc(-n2c(C)cc(C(=O)CSc3nc4sc5c(c4c(=O)n3-c3ccccc3)CC[C@H](C)C5)c2C)c1. The number of para-hydroxylation sites is 1. The molecule has 0 amide bonds. The van der Waals surface area contributed by atoms with Gasteiger partial charge in [0.2, 0.25) is 0 Å². The molecule has 1 atom stereocenters. The van der Waals surface area contributed by atoms with Crippen molar-refractivity contribution in [3.8, 4) is 11.4 Å². The second kappa shape index (κ2) is 13.9. The minimum Gasteiger partial charge on any atom is -0.462 e. The third-order valence-corrected chi connectivity index (χ3v) is 10.7. The molecule has 248 valence electrons. The van der Waals surface area contributed by atoms with E-state index in [2.05, 4.69) is 6.92 Å². The maximum absolute atomic E-state index is 14.1. The minimum atomic E-state index is -0.560. The van der Waals surface area contributed by atoms with Crippen molar-refractivity contribution in [1.82, 2.24) is 14.1 Å². The fourth-order valence-corrected chi connectivity index (χ4v) is 8.65. The maximum Gasteiger partial charge on any atom is 0.338 e. The Morgan fingerprint density at radius 2 is 1.60 bits per heavy atom. The highest BCUT2D eigenvalue weighted by molar-refractivity contribution is 7.99. The van der Waals surface area contributed by atoms with Crippen molar-refractivity contribution in [3.05, 3.63) is 103 Å². The topological polar surface area (TPSA) is 109 Å². The molecular formula is C37H37N3O6S2. The van der Waals surface area contributed by atoms with Crippen LogP contribution in [-0.2, 0) is 22.3 Å². The molecule has 1 aliphatic rings. The van der Waals surface area contributed by atoms with Crippen molar-refractivity contribution in [2.45, 2.75) is 59.0 Å². The van der Waals surface area contributed by atoms with Crippen molar-refractivity contribution in [2.24, 2.45) is 5.92 Å². The number of Topliss-reactive ketones (excluding diaryl/α,β-unsaturated/α-hetero) is 1. The number of ketones is 1. The zero-order chi connectivity index (χ0) is 34.1. The number of carbonyl (C=O) groups excluding carboxylic acids is 3. The van der Waals surface area contributed by atoms with Crippen LogP contribution >= 0.6 is 23.1 Å². The van der Waals surface area contributed by atoms with E-state index in [1.165, 1.54) is 22.7 Å². The Balaban J connectivity index is 1.36. The van der Waals surface area contributed by atoms with Crippen LogP contribution in [0.1, 0.15) is 80.1 Å². The number of aryl methyl sites for hydroxylation is 2. The number of thioether (sulfide) groups is 1. The van der Waals surface area contributed by atoms with Gasteiger partial charge in [0.25, 0.3) is 5.56 Å². The summed E-state index contributed by atoms with van der Waals surface area (Å²) >= 11 is 2.83. The monoisotopic (exact) mass is 683 g/mol. The van der Waals surface area contributed by atoms with E-state index in [1.54, 1.807) is 48.0 Å². The molecule has 5 aromatic rings. The predicted molar refractivity (Wildman–Crippen MR) is 189 cm³/mol. The summed E-state index contributed by atoms with van der Waals surface area (Å²) in [5, 5.41) is 1.16. The van der Waals surface area contributed by atoms with E-state index >= 15 is 0 Å². The van der Waals surface area contributed by atoms with Gasteiger partial charge in [0.05, 0.1) is 41.2 Å². The molecule has 11 heteroatoms. The van der Waals surface area contributed by atoms with Crippen LogP contribution in [0.3, 0.4) is 0 Å². The van der Waals surface area contributed by atoms with E-state index in [-0.39, 0.29) is 41.4 Å². The van der Waals surface area contributed by atoms with Crippen LogP contribution in [-0.4, -0.2) is 50.8 Å². The first-order valence-electron chi connectivity index (χ1n) is 16.1. The third-order valence-electron chi connectivity index (χ3n) is 8.58. The summed E-state index contributed by atoms with van der Waals surface area (Å²) in [7, 11) is 0. The van der Waals surface area contributed by atoms with Gasteiger partial charge in [0, 0.05) is 27.5 Å². The van der Waals surface area contributed by atoms with Crippen LogP contribution < -0.4 is 5.56 Å². The lowest BCUT2D eigenvalue weighted by atomic mass is 9.89. The summed E-state index contributed by atoms with van der Waals surface area (Å²) in [5.41, 5.74) is 4.55.